The van der Waals surface area contributed by atoms with Crippen LogP contribution in [0.25, 0.3) is 0 Å². The zero-order valence-corrected chi connectivity index (χ0v) is 20.8. The van der Waals surface area contributed by atoms with Gasteiger partial charge in [0.25, 0.3) is 0 Å². The van der Waals surface area contributed by atoms with Gasteiger partial charge in [-0.2, -0.15) is 0 Å². The lowest BCUT2D eigenvalue weighted by Crippen LogP contribution is -2.52. The van der Waals surface area contributed by atoms with Gasteiger partial charge < -0.3 is 5.11 Å². The zero-order chi connectivity index (χ0) is 21.2. The normalized spacial score (nSPS) is 44.5. The maximum atomic E-state index is 11.3. The number of hydrogen-bond acceptors (Lipinski definition) is 1. The summed E-state index contributed by atoms with van der Waals surface area (Å²) in [5, 5.41) is 9.29. The molecular weight excluding hydrogens is 375 g/mol. The second-order valence-corrected chi connectivity index (χ2v) is 13.6. The minimum atomic E-state index is -0.574. The van der Waals surface area contributed by atoms with E-state index in [1.54, 1.807) is 0 Å². The van der Waals surface area contributed by atoms with Gasteiger partial charge in [0.2, 0.25) is 0 Å². The summed E-state index contributed by atoms with van der Waals surface area (Å²) in [7, 11) is -0.315. The fourth-order valence-electron chi connectivity index (χ4n) is 8.51. The van der Waals surface area contributed by atoms with Crippen molar-refractivity contribution in [2.24, 2.45) is 40.4 Å². The Bertz CT molecular complexity index is 563. The molecule has 0 bridgehead atoms. The standard InChI is InChI=1S/C24H41O2P.C2H6/c1-4-27(16-22(25)26)15-18-9-11-20-19-10-8-17-7-5-6-13-23(17,2)21(19)12-14-24(18,20)3;1-2/h17-21H,4-16H2,1-3H3,(H,25,26);1-2H3. The van der Waals surface area contributed by atoms with E-state index in [-0.39, 0.29) is 7.92 Å². The Morgan fingerprint density at radius 1 is 0.931 bits per heavy atom. The predicted octanol–water partition coefficient (Wildman–Crippen LogP) is 7.65. The smallest absolute Gasteiger partial charge is 0.307 e. The van der Waals surface area contributed by atoms with Crippen LogP contribution in [0.5, 0.6) is 0 Å². The summed E-state index contributed by atoms with van der Waals surface area (Å²) >= 11 is 0. The van der Waals surface area contributed by atoms with Crippen LogP contribution in [-0.2, 0) is 4.79 Å². The van der Waals surface area contributed by atoms with E-state index in [0.717, 1.165) is 35.8 Å². The highest BCUT2D eigenvalue weighted by molar-refractivity contribution is 7.58. The van der Waals surface area contributed by atoms with Gasteiger partial charge in [0.15, 0.2) is 0 Å². The topological polar surface area (TPSA) is 37.3 Å². The molecule has 8 atom stereocenters. The Hall–Kier alpha value is -0.100. The van der Waals surface area contributed by atoms with Crippen molar-refractivity contribution in [2.45, 2.75) is 98.8 Å². The van der Waals surface area contributed by atoms with Gasteiger partial charge in [-0.15, -0.1) is 0 Å². The van der Waals surface area contributed by atoms with Crippen molar-refractivity contribution in [3.8, 4) is 0 Å². The average Bonchev–Trinajstić information content (AvgIpc) is 3.04. The van der Waals surface area contributed by atoms with Crippen LogP contribution in [0.1, 0.15) is 98.8 Å². The van der Waals surface area contributed by atoms with E-state index in [9.17, 15) is 9.90 Å². The number of hydrogen-bond donors (Lipinski definition) is 1. The Kier molecular flexibility index (Phi) is 7.79. The van der Waals surface area contributed by atoms with E-state index in [2.05, 4.69) is 20.8 Å². The van der Waals surface area contributed by atoms with Crippen LogP contribution in [0.2, 0.25) is 0 Å². The highest BCUT2D eigenvalue weighted by atomic mass is 31.1. The number of fused-ring (bicyclic) bond motifs is 5. The third kappa shape index (κ3) is 4.31. The van der Waals surface area contributed by atoms with Crippen molar-refractivity contribution in [1.29, 1.82) is 0 Å². The summed E-state index contributed by atoms with van der Waals surface area (Å²) in [4.78, 5) is 11.3. The first kappa shape index (κ1) is 23.6. The maximum Gasteiger partial charge on any atom is 0.307 e. The van der Waals surface area contributed by atoms with E-state index < -0.39 is 5.97 Å². The Morgan fingerprint density at radius 3 is 2.34 bits per heavy atom. The summed E-state index contributed by atoms with van der Waals surface area (Å²) in [6.45, 7) is 11.5. The second kappa shape index (κ2) is 9.58. The molecule has 1 N–H and O–H groups in total. The molecule has 0 aromatic rings. The highest BCUT2D eigenvalue weighted by Crippen LogP contribution is 2.68. The van der Waals surface area contributed by atoms with E-state index >= 15 is 0 Å². The first-order valence-electron chi connectivity index (χ1n) is 12.8. The lowest BCUT2D eigenvalue weighted by Gasteiger charge is -2.60. The van der Waals surface area contributed by atoms with Crippen molar-refractivity contribution >= 4 is 13.9 Å². The molecule has 8 unspecified atom stereocenters. The quantitative estimate of drug-likeness (QED) is 0.462. The fourth-order valence-corrected chi connectivity index (χ4v) is 10.7. The number of rotatable bonds is 5. The van der Waals surface area contributed by atoms with Crippen LogP contribution in [0, 0.1) is 40.4 Å². The molecular formula is C26H47O2P. The summed E-state index contributed by atoms with van der Waals surface area (Å²) in [6.07, 6.45) is 17.4. The van der Waals surface area contributed by atoms with Gasteiger partial charge in [-0.3, -0.25) is 4.79 Å². The van der Waals surface area contributed by atoms with Gasteiger partial charge in [-0.25, -0.2) is 0 Å². The van der Waals surface area contributed by atoms with Crippen molar-refractivity contribution in [1.82, 2.24) is 0 Å². The van der Waals surface area contributed by atoms with E-state index in [1.165, 1.54) is 70.4 Å². The number of carboxylic acid groups (broad SMARTS) is 1. The van der Waals surface area contributed by atoms with Crippen molar-refractivity contribution in [3.05, 3.63) is 0 Å². The Morgan fingerprint density at radius 2 is 1.66 bits per heavy atom. The summed E-state index contributed by atoms with van der Waals surface area (Å²) < 4.78 is 0. The third-order valence-electron chi connectivity index (χ3n) is 10.1. The molecule has 4 saturated carbocycles. The average molecular weight is 423 g/mol. The SMILES string of the molecule is CC.CCP(CC(=O)O)CC1CCC2C3CCC4CCCCC4(C)C3CCC12C. The van der Waals surface area contributed by atoms with Crippen molar-refractivity contribution in [3.63, 3.8) is 0 Å². The van der Waals surface area contributed by atoms with Crippen molar-refractivity contribution < 1.29 is 9.90 Å². The molecule has 29 heavy (non-hydrogen) atoms. The lowest BCUT2D eigenvalue weighted by molar-refractivity contribution is -0.134. The monoisotopic (exact) mass is 422 g/mol. The molecule has 0 aromatic carbocycles. The fraction of sp³-hybridized carbons (Fsp3) is 0.962. The molecule has 4 fully saturated rings. The van der Waals surface area contributed by atoms with E-state index in [4.69, 9.17) is 0 Å². The minimum absolute atomic E-state index is 0.315. The van der Waals surface area contributed by atoms with Crippen LogP contribution in [-0.4, -0.2) is 29.6 Å². The summed E-state index contributed by atoms with van der Waals surface area (Å²) in [6, 6.07) is 0. The Balaban J connectivity index is 0.00000117. The van der Waals surface area contributed by atoms with Gasteiger partial charge in [0.05, 0.1) is 6.16 Å². The molecule has 4 aliphatic carbocycles. The molecule has 3 heteroatoms. The molecule has 168 valence electrons. The zero-order valence-electron chi connectivity index (χ0n) is 19.9. The lowest BCUT2D eigenvalue weighted by atomic mass is 9.45. The van der Waals surface area contributed by atoms with E-state index in [1.807, 2.05) is 13.8 Å². The van der Waals surface area contributed by atoms with Gasteiger partial charge in [-0.1, -0.05) is 55.4 Å². The van der Waals surface area contributed by atoms with Crippen LogP contribution in [0.15, 0.2) is 0 Å². The third-order valence-corrected chi connectivity index (χ3v) is 12.6. The molecule has 0 aliphatic heterocycles. The molecule has 4 aliphatic rings. The first-order valence-corrected chi connectivity index (χ1v) is 14.7. The summed E-state index contributed by atoms with van der Waals surface area (Å²) in [5.41, 5.74) is 1.15. The van der Waals surface area contributed by atoms with Crippen LogP contribution in [0.4, 0.5) is 0 Å². The number of carboxylic acids is 1. The molecule has 2 nitrogen and oxygen atoms in total. The van der Waals surface area contributed by atoms with Crippen LogP contribution >= 0.6 is 7.92 Å². The van der Waals surface area contributed by atoms with Gasteiger partial charge >= 0.3 is 5.97 Å². The van der Waals surface area contributed by atoms with Crippen LogP contribution in [0.3, 0.4) is 0 Å². The maximum absolute atomic E-state index is 11.3. The molecule has 0 aromatic heterocycles. The number of carbonyl (C=O) groups is 1. The Labute approximate surface area is 181 Å². The highest BCUT2D eigenvalue weighted by Gasteiger charge is 2.59. The van der Waals surface area contributed by atoms with Gasteiger partial charge in [-0.05, 0) is 104 Å². The minimum Gasteiger partial charge on any atom is -0.481 e. The van der Waals surface area contributed by atoms with Gasteiger partial charge in [0.1, 0.15) is 0 Å². The first-order chi connectivity index (χ1) is 13.9. The summed E-state index contributed by atoms with van der Waals surface area (Å²) in [5.74, 6) is 4.12. The van der Waals surface area contributed by atoms with Crippen molar-refractivity contribution in [2.75, 3.05) is 18.5 Å². The number of aliphatic carboxylic acids is 1. The van der Waals surface area contributed by atoms with Crippen LogP contribution < -0.4 is 0 Å². The van der Waals surface area contributed by atoms with Gasteiger partial charge in [0, 0.05) is 0 Å². The second-order valence-electron chi connectivity index (χ2n) is 10.9. The molecule has 0 spiro atoms. The molecule has 0 amide bonds. The molecule has 0 heterocycles. The largest absolute Gasteiger partial charge is 0.481 e. The predicted molar refractivity (Wildman–Crippen MR) is 126 cm³/mol. The van der Waals surface area contributed by atoms with E-state index in [0.29, 0.717) is 17.0 Å². The molecule has 0 saturated heterocycles. The molecule has 0 radical (unpaired) electrons. The molecule has 4 rings (SSSR count).